The monoisotopic (exact) mass is 190 g/mol. The first-order valence-electron chi connectivity index (χ1n) is 4.37. The summed E-state index contributed by atoms with van der Waals surface area (Å²) in [6.07, 6.45) is 7.21. The van der Waals surface area contributed by atoms with Gasteiger partial charge in [-0.1, -0.05) is 12.2 Å². The van der Waals surface area contributed by atoms with Crippen molar-refractivity contribution in [3.8, 4) is 0 Å². The van der Waals surface area contributed by atoms with Gasteiger partial charge in [0.2, 0.25) is 0 Å². The van der Waals surface area contributed by atoms with E-state index in [1.165, 1.54) is 6.42 Å². The molecule has 0 saturated carbocycles. The topological polar surface area (TPSA) is 18.5 Å². The minimum atomic E-state index is 0.0127. The molecule has 0 amide bonds. The van der Waals surface area contributed by atoms with Crippen LogP contribution in [0, 0.1) is 0 Å². The molecule has 70 valence electrons. The number of allylic oxidation sites excluding steroid dienone is 1. The zero-order valence-electron chi connectivity index (χ0n) is 7.17. The van der Waals surface area contributed by atoms with E-state index in [0.717, 1.165) is 19.4 Å². The van der Waals surface area contributed by atoms with Crippen molar-refractivity contribution in [2.75, 3.05) is 19.1 Å². The first-order chi connectivity index (χ1) is 5.93. The molecule has 1 aliphatic heterocycles. The van der Waals surface area contributed by atoms with E-state index in [1.807, 2.05) is 12.2 Å². The Kier molecular flexibility index (Phi) is 5.41. The summed E-state index contributed by atoms with van der Waals surface area (Å²) >= 11 is 5.45. The van der Waals surface area contributed by atoms with E-state index in [9.17, 15) is 0 Å². The molecular weight excluding hydrogens is 176 g/mol. The molecule has 1 saturated heterocycles. The maximum absolute atomic E-state index is 5.45. The Hall–Kier alpha value is -0.0500. The van der Waals surface area contributed by atoms with Crippen molar-refractivity contribution in [3.63, 3.8) is 0 Å². The lowest BCUT2D eigenvalue weighted by molar-refractivity contribution is -0.155. The highest BCUT2D eigenvalue weighted by Gasteiger charge is 2.12. The zero-order valence-corrected chi connectivity index (χ0v) is 7.93. The second kappa shape index (κ2) is 6.46. The molecule has 0 bridgehead atoms. The third-order valence-electron chi connectivity index (χ3n) is 1.77. The minimum Gasteiger partial charge on any atom is -0.353 e. The van der Waals surface area contributed by atoms with E-state index in [1.54, 1.807) is 0 Å². The predicted octanol–water partition coefficient (Wildman–Crippen LogP) is 2.32. The van der Waals surface area contributed by atoms with Gasteiger partial charge in [-0.3, -0.25) is 0 Å². The van der Waals surface area contributed by atoms with Crippen LogP contribution in [0.2, 0.25) is 0 Å². The smallest absolute Gasteiger partial charge is 0.157 e. The van der Waals surface area contributed by atoms with Gasteiger partial charge in [-0.2, -0.15) is 0 Å². The summed E-state index contributed by atoms with van der Waals surface area (Å²) in [4.78, 5) is 0. The fraction of sp³-hybridized carbons (Fsp3) is 0.778. The number of ether oxygens (including phenoxy) is 2. The quantitative estimate of drug-likeness (QED) is 0.501. The van der Waals surface area contributed by atoms with E-state index in [-0.39, 0.29) is 6.29 Å². The van der Waals surface area contributed by atoms with Gasteiger partial charge >= 0.3 is 0 Å². The van der Waals surface area contributed by atoms with E-state index < -0.39 is 0 Å². The fourth-order valence-electron chi connectivity index (χ4n) is 1.14. The van der Waals surface area contributed by atoms with Crippen molar-refractivity contribution in [1.82, 2.24) is 0 Å². The molecule has 0 aliphatic carbocycles. The molecule has 1 rings (SSSR count). The zero-order chi connectivity index (χ0) is 8.65. The fourth-order valence-corrected chi connectivity index (χ4v) is 1.26. The minimum absolute atomic E-state index is 0.0127. The van der Waals surface area contributed by atoms with Crippen LogP contribution < -0.4 is 0 Å². The van der Waals surface area contributed by atoms with Gasteiger partial charge in [0.15, 0.2) is 6.29 Å². The lowest BCUT2D eigenvalue weighted by Crippen LogP contribution is -2.22. The van der Waals surface area contributed by atoms with Crippen molar-refractivity contribution in [3.05, 3.63) is 12.2 Å². The van der Waals surface area contributed by atoms with E-state index in [4.69, 9.17) is 21.1 Å². The molecule has 0 aromatic carbocycles. The van der Waals surface area contributed by atoms with Gasteiger partial charge in [0, 0.05) is 12.5 Å². The summed E-state index contributed by atoms with van der Waals surface area (Å²) in [5, 5.41) is 0. The molecule has 3 heteroatoms. The molecule has 1 unspecified atom stereocenters. The number of hydrogen-bond donors (Lipinski definition) is 0. The van der Waals surface area contributed by atoms with Crippen molar-refractivity contribution >= 4 is 11.6 Å². The van der Waals surface area contributed by atoms with Crippen LogP contribution >= 0.6 is 11.6 Å². The van der Waals surface area contributed by atoms with Crippen LogP contribution in [-0.4, -0.2) is 25.4 Å². The van der Waals surface area contributed by atoms with Gasteiger partial charge in [0.05, 0.1) is 6.61 Å². The number of alkyl halides is 1. The van der Waals surface area contributed by atoms with Crippen molar-refractivity contribution in [2.45, 2.75) is 25.6 Å². The van der Waals surface area contributed by atoms with Gasteiger partial charge in [0.1, 0.15) is 0 Å². The molecule has 0 aromatic rings. The van der Waals surface area contributed by atoms with Gasteiger partial charge in [-0.15, -0.1) is 11.6 Å². The number of hydrogen-bond acceptors (Lipinski definition) is 2. The van der Waals surface area contributed by atoms with Crippen molar-refractivity contribution < 1.29 is 9.47 Å². The first-order valence-corrected chi connectivity index (χ1v) is 4.91. The average molecular weight is 191 g/mol. The molecule has 1 aliphatic rings. The van der Waals surface area contributed by atoms with E-state index in [0.29, 0.717) is 12.5 Å². The Morgan fingerprint density at radius 2 is 2.33 bits per heavy atom. The summed E-state index contributed by atoms with van der Waals surface area (Å²) in [5.41, 5.74) is 0. The summed E-state index contributed by atoms with van der Waals surface area (Å²) in [7, 11) is 0. The summed E-state index contributed by atoms with van der Waals surface area (Å²) < 4.78 is 10.8. The van der Waals surface area contributed by atoms with Crippen LogP contribution in [0.5, 0.6) is 0 Å². The number of halogens is 1. The molecule has 1 atom stereocenters. The van der Waals surface area contributed by atoms with Crippen LogP contribution in [0.15, 0.2) is 12.2 Å². The first kappa shape index (κ1) is 10.0. The van der Waals surface area contributed by atoms with Crippen LogP contribution in [0.3, 0.4) is 0 Å². The van der Waals surface area contributed by atoms with Crippen LogP contribution in [0.25, 0.3) is 0 Å². The summed E-state index contributed by atoms with van der Waals surface area (Å²) in [5.74, 6) is 0.550. The van der Waals surface area contributed by atoms with Gasteiger partial charge < -0.3 is 9.47 Å². The molecule has 0 N–H and O–H groups in total. The van der Waals surface area contributed by atoms with E-state index in [2.05, 4.69) is 0 Å². The SMILES string of the molecule is ClCC=CCOC1CCCCO1. The van der Waals surface area contributed by atoms with Crippen LogP contribution in [0.4, 0.5) is 0 Å². The van der Waals surface area contributed by atoms with E-state index >= 15 is 0 Å². The molecule has 12 heavy (non-hydrogen) atoms. The Morgan fingerprint density at radius 3 is 3.00 bits per heavy atom. The number of rotatable bonds is 4. The Balaban J connectivity index is 2.01. The van der Waals surface area contributed by atoms with Crippen molar-refractivity contribution in [2.24, 2.45) is 0 Å². The normalized spacial score (nSPS) is 24.9. The predicted molar refractivity (Wildman–Crippen MR) is 49.4 cm³/mol. The second-order valence-electron chi connectivity index (χ2n) is 2.76. The molecular formula is C9H15ClO2. The van der Waals surface area contributed by atoms with Gasteiger partial charge in [-0.25, -0.2) is 0 Å². The van der Waals surface area contributed by atoms with Crippen LogP contribution in [-0.2, 0) is 9.47 Å². The Morgan fingerprint density at radius 1 is 1.42 bits per heavy atom. The molecule has 0 spiro atoms. The molecule has 1 heterocycles. The highest BCUT2D eigenvalue weighted by Crippen LogP contribution is 2.13. The maximum Gasteiger partial charge on any atom is 0.157 e. The Labute approximate surface area is 78.5 Å². The highest BCUT2D eigenvalue weighted by molar-refractivity contribution is 6.18. The standard InChI is InChI=1S/C9H15ClO2/c10-6-2-4-8-12-9-5-1-3-7-11-9/h2,4,9H,1,3,5-8H2. The third-order valence-corrected chi connectivity index (χ3v) is 1.95. The summed E-state index contributed by atoms with van der Waals surface area (Å²) in [6, 6.07) is 0. The molecule has 0 aromatic heterocycles. The largest absolute Gasteiger partial charge is 0.353 e. The van der Waals surface area contributed by atoms with Crippen LogP contribution in [0.1, 0.15) is 19.3 Å². The van der Waals surface area contributed by atoms with Crippen molar-refractivity contribution in [1.29, 1.82) is 0 Å². The lowest BCUT2D eigenvalue weighted by atomic mass is 10.2. The van der Waals surface area contributed by atoms with Gasteiger partial charge in [-0.05, 0) is 19.3 Å². The molecule has 0 radical (unpaired) electrons. The Bertz CT molecular complexity index is 130. The molecule has 2 nitrogen and oxygen atoms in total. The lowest BCUT2D eigenvalue weighted by Gasteiger charge is -2.21. The molecule has 1 fully saturated rings. The summed E-state index contributed by atoms with van der Waals surface area (Å²) in [6.45, 7) is 1.45. The second-order valence-corrected chi connectivity index (χ2v) is 3.06. The maximum atomic E-state index is 5.45. The highest BCUT2D eigenvalue weighted by atomic mass is 35.5. The van der Waals surface area contributed by atoms with Gasteiger partial charge in [0.25, 0.3) is 0 Å². The third kappa shape index (κ3) is 4.10. The average Bonchev–Trinajstić information content (AvgIpc) is 2.14.